The van der Waals surface area contributed by atoms with Crippen LogP contribution in [0.1, 0.15) is 54.9 Å². The summed E-state index contributed by atoms with van der Waals surface area (Å²) in [5.74, 6) is -2.13. The average molecular weight is 392 g/mol. The summed E-state index contributed by atoms with van der Waals surface area (Å²) in [4.78, 5) is 47.8. The van der Waals surface area contributed by atoms with Gasteiger partial charge < -0.3 is 10.4 Å². The largest absolute Gasteiger partial charge is 0.480 e. The van der Waals surface area contributed by atoms with Crippen molar-refractivity contribution < 1.29 is 24.3 Å². The fraction of sp³-hybridized carbons (Fsp3) is 0.765. The number of carbonyl (C=O) groups excluding carboxylic acids is 3. The summed E-state index contributed by atoms with van der Waals surface area (Å²) < 4.78 is -1.34. The first-order valence-electron chi connectivity index (χ1n) is 7.95. The van der Waals surface area contributed by atoms with Crippen molar-refractivity contribution in [3.63, 3.8) is 0 Å². The van der Waals surface area contributed by atoms with Gasteiger partial charge in [-0.3, -0.25) is 14.4 Å². The molecular formula is C17H29NO5S2. The highest BCUT2D eigenvalue weighted by atomic mass is 32.2. The van der Waals surface area contributed by atoms with Crippen LogP contribution in [-0.2, 0) is 19.2 Å². The smallest absolute Gasteiger partial charge is 0.327 e. The van der Waals surface area contributed by atoms with E-state index in [0.29, 0.717) is 0 Å². The molecule has 0 heterocycles. The highest BCUT2D eigenvalue weighted by Crippen LogP contribution is 2.27. The number of Topliss-reactive ketones (excluding diaryl/α,β-unsaturated/α-hetero) is 1. The molecule has 144 valence electrons. The Morgan fingerprint density at radius 1 is 1.00 bits per heavy atom. The monoisotopic (exact) mass is 391 g/mol. The van der Waals surface area contributed by atoms with Crippen molar-refractivity contribution in [3.05, 3.63) is 0 Å². The first-order valence-corrected chi connectivity index (χ1v) is 9.38. The molecule has 1 unspecified atom stereocenters. The van der Waals surface area contributed by atoms with Crippen molar-refractivity contribution in [2.24, 2.45) is 10.8 Å². The molecule has 1 amide bonds. The second kappa shape index (κ2) is 8.58. The standard InChI is InChI=1S/C17H29NO5S2/c1-15(2,3)11(19)8-17(7,24)13(22)18-10(12(20)21)9-25-14(23)16(4,5)6/h10,24H,8-9H2,1-7H3,(H,18,22)(H,20,21)/t10-,17?/m0/s1. The van der Waals surface area contributed by atoms with Crippen molar-refractivity contribution in [2.75, 3.05) is 5.75 Å². The van der Waals surface area contributed by atoms with Gasteiger partial charge >= 0.3 is 5.97 Å². The van der Waals surface area contributed by atoms with Crippen LogP contribution < -0.4 is 5.32 Å². The number of carbonyl (C=O) groups is 4. The van der Waals surface area contributed by atoms with E-state index in [-0.39, 0.29) is 23.1 Å². The number of aliphatic carboxylic acids is 1. The molecule has 2 N–H and O–H groups in total. The number of carboxylic acid groups (broad SMARTS) is 1. The number of ketones is 1. The molecule has 0 spiro atoms. The fourth-order valence-corrected chi connectivity index (χ4v) is 2.71. The van der Waals surface area contributed by atoms with Gasteiger partial charge in [0.05, 0.1) is 4.75 Å². The molecule has 2 atom stereocenters. The third-order valence-corrected chi connectivity index (χ3v) is 5.16. The Labute approximate surface area is 159 Å². The summed E-state index contributed by atoms with van der Waals surface area (Å²) in [6, 6.07) is -1.24. The molecule has 0 aromatic rings. The molecule has 0 aliphatic heterocycles. The Morgan fingerprint density at radius 3 is 1.84 bits per heavy atom. The second-order valence-electron chi connectivity index (χ2n) is 8.34. The van der Waals surface area contributed by atoms with Crippen molar-refractivity contribution >= 4 is 47.2 Å². The van der Waals surface area contributed by atoms with Crippen LogP contribution in [-0.4, -0.2) is 44.4 Å². The number of rotatable bonds is 7. The summed E-state index contributed by atoms with van der Waals surface area (Å²) in [5, 5.41) is 11.5. The zero-order chi connectivity index (χ0) is 20.2. The molecule has 0 saturated carbocycles. The number of carboxylic acids is 1. The quantitative estimate of drug-likeness (QED) is 0.577. The van der Waals surface area contributed by atoms with Gasteiger partial charge in [0.15, 0.2) is 5.12 Å². The van der Waals surface area contributed by atoms with Crippen molar-refractivity contribution in [1.29, 1.82) is 0 Å². The molecule has 0 aliphatic rings. The van der Waals surface area contributed by atoms with Gasteiger partial charge in [0, 0.05) is 23.0 Å². The summed E-state index contributed by atoms with van der Waals surface area (Å²) >= 11 is 5.12. The minimum Gasteiger partial charge on any atom is -0.480 e. The van der Waals surface area contributed by atoms with Gasteiger partial charge in [-0.25, -0.2) is 4.79 Å². The van der Waals surface area contributed by atoms with Crippen molar-refractivity contribution in [1.82, 2.24) is 5.32 Å². The van der Waals surface area contributed by atoms with E-state index in [2.05, 4.69) is 17.9 Å². The Balaban J connectivity index is 4.97. The van der Waals surface area contributed by atoms with Gasteiger partial charge in [-0.05, 0) is 6.92 Å². The molecule has 0 aliphatic carbocycles. The number of hydrogen-bond donors (Lipinski definition) is 3. The maximum absolute atomic E-state index is 12.4. The van der Waals surface area contributed by atoms with Crippen molar-refractivity contribution in [3.8, 4) is 0 Å². The van der Waals surface area contributed by atoms with E-state index in [1.807, 2.05) is 0 Å². The predicted molar refractivity (Wildman–Crippen MR) is 103 cm³/mol. The minimum atomic E-state index is -1.34. The highest BCUT2D eigenvalue weighted by Gasteiger charge is 2.37. The van der Waals surface area contributed by atoms with Gasteiger partial charge in [-0.2, -0.15) is 12.6 Å². The van der Waals surface area contributed by atoms with E-state index in [9.17, 15) is 24.3 Å². The molecule has 0 radical (unpaired) electrons. The SMILES string of the molecule is CC(C)(C)C(=O)CC(C)(S)C(=O)N[C@@H](CSC(=O)C(C)(C)C)C(=O)O. The molecule has 0 fully saturated rings. The normalized spacial score (nSPS) is 15.8. The summed E-state index contributed by atoms with van der Waals surface area (Å²) in [6.45, 7) is 11.9. The number of thioether (sulfide) groups is 1. The molecule has 8 heteroatoms. The van der Waals surface area contributed by atoms with E-state index in [0.717, 1.165) is 11.8 Å². The molecule has 0 aromatic heterocycles. The Bertz CT molecular complexity index is 544. The van der Waals surface area contributed by atoms with Crippen LogP contribution in [0.15, 0.2) is 0 Å². The lowest BCUT2D eigenvalue weighted by Gasteiger charge is -2.27. The van der Waals surface area contributed by atoms with Crippen LogP contribution in [0, 0.1) is 10.8 Å². The lowest BCUT2D eigenvalue weighted by atomic mass is 9.85. The minimum absolute atomic E-state index is 0.0890. The molecule has 0 saturated heterocycles. The predicted octanol–water partition coefficient (Wildman–Crippen LogP) is 2.56. The van der Waals surface area contributed by atoms with Crippen molar-refractivity contribution in [2.45, 2.75) is 65.7 Å². The topological polar surface area (TPSA) is 101 Å². The van der Waals surface area contributed by atoms with Crippen LogP contribution >= 0.6 is 24.4 Å². The fourth-order valence-electron chi connectivity index (χ4n) is 1.52. The maximum Gasteiger partial charge on any atom is 0.327 e. The molecule has 0 bridgehead atoms. The molecule has 0 aromatic carbocycles. The van der Waals surface area contributed by atoms with Crippen LogP contribution in [0.3, 0.4) is 0 Å². The molecular weight excluding hydrogens is 362 g/mol. The van der Waals surface area contributed by atoms with Crippen LogP contribution in [0.25, 0.3) is 0 Å². The average Bonchev–Trinajstić information content (AvgIpc) is 2.39. The van der Waals surface area contributed by atoms with Gasteiger partial charge in [0.2, 0.25) is 5.91 Å². The second-order valence-corrected chi connectivity index (χ2v) is 10.3. The van der Waals surface area contributed by atoms with Gasteiger partial charge in [-0.1, -0.05) is 53.3 Å². The van der Waals surface area contributed by atoms with Gasteiger partial charge in [-0.15, -0.1) is 0 Å². The van der Waals surface area contributed by atoms with E-state index in [4.69, 9.17) is 0 Å². The number of thiol groups is 1. The van der Waals surface area contributed by atoms with Gasteiger partial charge in [0.25, 0.3) is 0 Å². The number of amides is 1. The molecule has 6 nitrogen and oxygen atoms in total. The number of nitrogens with one attached hydrogen (secondary N) is 1. The van der Waals surface area contributed by atoms with Crippen LogP contribution in [0.5, 0.6) is 0 Å². The van der Waals surface area contributed by atoms with Gasteiger partial charge in [0.1, 0.15) is 11.8 Å². The molecule has 25 heavy (non-hydrogen) atoms. The highest BCUT2D eigenvalue weighted by molar-refractivity contribution is 8.13. The third kappa shape index (κ3) is 8.27. The van der Waals surface area contributed by atoms with E-state index >= 15 is 0 Å². The van der Waals surface area contributed by atoms with Crippen LogP contribution in [0.4, 0.5) is 0 Å². The summed E-state index contributed by atoms with van der Waals surface area (Å²) in [7, 11) is 0. The molecule has 0 rings (SSSR count). The third-order valence-electron chi connectivity index (χ3n) is 3.43. The summed E-state index contributed by atoms with van der Waals surface area (Å²) in [6.07, 6.45) is -0.119. The van der Waals surface area contributed by atoms with E-state index in [1.54, 1.807) is 41.5 Å². The summed E-state index contributed by atoms with van der Waals surface area (Å²) in [5.41, 5.74) is -1.22. The maximum atomic E-state index is 12.4. The number of hydrogen-bond acceptors (Lipinski definition) is 6. The lowest BCUT2D eigenvalue weighted by molar-refractivity contribution is -0.141. The van der Waals surface area contributed by atoms with E-state index in [1.165, 1.54) is 6.92 Å². The zero-order valence-electron chi connectivity index (χ0n) is 15.9. The lowest BCUT2D eigenvalue weighted by Crippen LogP contribution is -2.51. The first kappa shape index (κ1) is 24.0. The van der Waals surface area contributed by atoms with E-state index < -0.39 is 33.5 Å². The first-order chi connectivity index (χ1) is 11.0. The Kier molecular flexibility index (Phi) is 8.23. The Hall–Kier alpha value is -1.02. The van der Waals surface area contributed by atoms with Crippen LogP contribution in [0.2, 0.25) is 0 Å². The zero-order valence-corrected chi connectivity index (χ0v) is 17.6. The Morgan fingerprint density at radius 2 is 1.48 bits per heavy atom.